The summed E-state index contributed by atoms with van der Waals surface area (Å²) in [4.78, 5) is 25.9. The molecule has 1 aromatic rings. The number of nitrogens with zero attached hydrogens (tertiary/aromatic N) is 1. The molecule has 0 radical (unpaired) electrons. The lowest BCUT2D eigenvalue weighted by atomic mass is 9.85. The van der Waals surface area contributed by atoms with Crippen LogP contribution in [0.2, 0.25) is 5.02 Å². The van der Waals surface area contributed by atoms with Gasteiger partial charge in [0.15, 0.2) is 0 Å². The molecule has 0 saturated heterocycles. The molecule has 1 aromatic carbocycles. The summed E-state index contributed by atoms with van der Waals surface area (Å²) in [5.41, 5.74) is 2.27. The van der Waals surface area contributed by atoms with Crippen LogP contribution in [0, 0.1) is 0 Å². The monoisotopic (exact) mass is 350 g/mol. The first-order valence-corrected chi connectivity index (χ1v) is 8.07. The lowest BCUT2D eigenvalue weighted by Gasteiger charge is -2.25. The Morgan fingerprint density at radius 2 is 2.22 bits per heavy atom. The lowest BCUT2D eigenvalue weighted by molar-refractivity contribution is -0.121. The number of benzene rings is 1. The first kappa shape index (κ1) is 16.0. The van der Waals surface area contributed by atoms with Crippen molar-refractivity contribution in [2.24, 2.45) is 0 Å². The van der Waals surface area contributed by atoms with Gasteiger partial charge in [-0.25, -0.2) is 4.79 Å². The molecule has 0 aromatic heterocycles. The molecule has 23 heavy (non-hydrogen) atoms. The van der Waals surface area contributed by atoms with Gasteiger partial charge in [0.25, 0.3) is 0 Å². The van der Waals surface area contributed by atoms with Gasteiger partial charge < -0.3 is 10.1 Å². The van der Waals surface area contributed by atoms with Gasteiger partial charge >= 0.3 is 6.09 Å². The molecule has 0 aliphatic carbocycles. The summed E-state index contributed by atoms with van der Waals surface area (Å²) < 4.78 is 5.03. The number of nitrogens with one attached hydrogen (secondary N) is 1. The van der Waals surface area contributed by atoms with Crippen molar-refractivity contribution >= 4 is 40.8 Å². The van der Waals surface area contributed by atoms with Crippen molar-refractivity contribution in [2.75, 3.05) is 13.2 Å². The smallest absolute Gasteiger partial charge is 0.415 e. The van der Waals surface area contributed by atoms with Crippen molar-refractivity contribution in [1.82, 2.24) is 10.2 Å². The quantitative estimate of drug-likeness (QED) is 0.833. The molecule has 1 unspecified atom stereocenters. The van der Waals surface area contributed by atoms with Crippen molar-refractivity contribution in [3.8, 4) is 0 Å². The third-order valence-electron chi connectivity index (χ3n) is 3.91. The van der Waals surface area contributed by atoms with Gasteiger partial charge in [-0.3, -0.25) is 9.69 Å². The number of hydrogen-bond donors (Lipinski definition) is 1. The van der Waals surface area contributed by atoms with Crippen molar-refractivity contribution in [3.63, 3.8) is 0 Å². The molecule has 2 heterocycles. The molecule has 2 aliphatic heterocycles. The van der Waals surface area contributed by atoms with E-state index in [0.717, 1.165) is 11.1 Å². The van der Waals surface area contributed by atoms with Crippen LogP contribution in [0.15, 0.2) is 35.5 Å². The fourth-order valence-electron chi connectivity index (χ4n) is 2.93. The maximum atomic E-state index is 12.0. The SMILES string of the molecule is CCOC(=O)N1CC2=C(C1=S)C(c1ccccc1Cl)CC(=O)N2. The molecular weight excluding hydrogens is 336 g/mol. The van der Waals surface area contributed by atoms with Crippen LogP contribution in [0.3, 0.4) is 0 Å². The second kappa shape index (κ2) is 6.29. The topological polar surface area (TPSA) is 58.6 Å². The van der Waals surface area contributed by atoms with Crippen LogP contribution in [0.5, 0.6) is 0 Å². The van der Waals surface area contributed by atoms with Crippen LogP contribution in [-0.2, 0) is 9.53 Å². The average Bonchev–Trinajstić information content (AvgIpc) is 2.84. The fourth-order valence-corrected chi connectivity index (χ4v) is 3.61. The van der Waals surface area contributed by atoms with E-state index >= 15 is 0 Å². The number of hydrogen-bond acceptors (Lipinski definition) is 4. The standard InChI is InChI=1S/C16H15ClN2O3S/c1-2-22-16(21)19-8-12-14(15(19)23)10(7-13(20)18-12)9-5-3-4-6-11(9)17/h3-6,10H,2,7-8H2,1H3,(H,18,20). The summed E-state index contributed by atoms with van der Waals surface area (Å²) in [5, 5.41) is 3.40. The Kier molecular flexibility index (Phi) is 4.37. The fraction of sp³-hybridized carbons (Fsp3) is 0.312. The Morgan fingerprint density at radius 3 is 2.91 bits per heavy atom. The molecule has 0 fully saturated rings. The van der Waals surface area contributed by atoms with E-state index in [-0.39, 0.29) is 31.4 Å². The Hall–Kier alpha value is -1.92. The molecule has 0 bridgehead atoms. The summed E-state index contributed by atoms with van der Waals surface area (Å²) in [7, 11) is 0. The highest BCUT2D eigenvalue weighted by atomic mass is 35.5. The third-order valence-corrected chi connectivity index (χ3v) is 4.70. The molecule has 5 nitrogen and oxygen atoms in total. The van der Waals surface area contributed by atoms with Crippen molar-refractivity contribution in [1.29, 1.82) is 0 Å². The normalized spacial score (nSPS) is 20.4. The number of halogens is 1. The first-order chi connectivity index (χ1) is 11.0. The largest absolute Gasteiger partial charge is 0.449 e. The molecule has 0 saturated carbocycles. The lowest BCUT2D eigenvalue weighted by Crippen LogP contribution is -2.34. The molecule has 0 spiro atoms. The van der Waals surface area contributed by atoms with Crippen LogP contribution in [0.25, 0.3) is 0 Å². The van der Waals surface area contributed by atoms with Gasteiger partial charge in [0.05, 0.1) is 13.2 Å². The molecule has 120 valence electrons. The molecule has 2 aliphatic rings. The zero-order chi connectivity index (χ0) is 16.6. The van der Waals surface area contributed by atoms with E-state index in [1.165, 1.54) is 4.90 Å². The molecule has 3 rings (SSSR count). The van der Waals surface area contributed by atoms with Crippen LogP contribution in [0.1, 0.15) is 24.8 Å². The molecule has 1 atom stereocenters. The third kappa shape index (κ3) is 2.84. The summed E-state index contributed by atoms with van der Waals surface area (Å²) in [6.45, 7) is 2.22. The highest BCUT2D eigenvalue weighted by Gasteiger charge is 2.41. The van der Waals surface area contributed by atoms with Crippen LogP contribution < -0.4 is 5.32 Å². The molecule has 2 amide bonds. The number of ether oxygens (including phenoxy) is 1. The van der Waals surface area contributed by atoms with E-state index in [9.17, 15) is 9.59 Å². The van der Waals surface area contributed by atoms with Gasteiger partial charge in [0.2, 0.25) is 5.91 Å². The number of rotatable bonds is 2. The number of carbonyl (C=O) groups excluding carboxylic acids is 2. The zero-order valence-electron chi connectivity index (χ0n) is 12.5. The Bertz CT molecular complexity index is 732. The van der Waals surface area contributed by atoms with Gasteiger partial charge in [0.1, 0.15) is 4.99 Å². The van der Waals surface area contributed by atoms with Crippen LogP contribution in [0.4, 0.5) is 4.79 Å². The maximum absolute atomic E-state index is 12.0. The van der Waals surface area contributed by atoms with Crippen LogP contribution in [-0.4, -0.2) is 35.0 Å². The van der Waals surface area contributed by atoms with E-state index in [0.29, 0.717) is 15.7 Å². The minimum atomic E-state index is -0.501. The van der Waals surface area contributed by atoms with E-state index in [1.54, 1.807) is 13.0 Å². The number of amides is 2. The van der Waals surface area contributed by atoms with E-state index in [4.69, 9.17) is 28.6 Å². The summed E-state index contributed by atoms with van der Waals surface area (Å²) >= 11 is 11.7. The second-order valence-corrected chi connectivity index (χ2v) is 6.10. The summed E-state index contributed by atoms with van der Waals surface area (Å²) in [6, 6.07) is 7.37. The highest BCUT2D eigenvalue weighted by molar-refractivity contribution is 7.80. The Balaban J connectivity index is 1.98. The van der Waals surface area contributed by atoms with Gasteiger partial charge in [0, 0.05) is 28.6 Å². The van der Waals surface area contributed by atoms with Gasteiger partial charge in [-0.1, -0.05) is 42.0 Å². The molecular formula is C16H15ClN2O3S. The zero-order valence-corrected chi connectivity index (χ0v) is 14.0. The first-order valence-electron chi connectivity index (χ1n) is 7.28. The Morgan fingerprint density at radius 1 is 1.48 bits per heavy atom. The minimum absolute atomic E-state index is 0.109. The van der Waals surface area contributed by atoms with Gasteiger partial charge in [-0.15, -0.1) is 0 Å². The predicted molar refractivity (Wildman–Crippen MR) is 90.3 cm³/mol. The van der Waals surface area contributed by atoms with E-state index < -0.39 is 6.09 Å². The number of carbonyl (C=O) groups is 2. The van der Waals surface area contributed by atoms with Crippen molar-refractivity contribution in [2.45, 2.75) is 19.3 Å². The summed E-state index contributed by atoms with van der Waals surface area (Å²) in [6.07, 6.45) is -0.251. The Labute approximate surface area is 144 Å². The molecule has 1 N–H and O–H groups in total. The summed E-state index contributed by atoms with van der Waals surface area (Å²) in [5.74, 6) is -0.360. The van der Waals surface area contributed by atoms with Crippen molar-refractivity contribution in [3.05, 3.63) is 46.1 Å². The van der Waals surface area contributed by atoms with E-state index in [2.05, 4.69) is 5.32 Å². The van der Waals surface area contributed by atoms with Crippen molar-refractivity contribution < 1.29 is 14.3 Å². The average molecular weight is 351 g/mol. The second-order valence-electron chi connectivity index (χ2n) is 5.31. The minimum Gasteiger partial charge on any atom is -0.449 e. The van der Waals surface area contributed by atoms with Gasteiger partial charge in [-0.2, -0.15) is 0 Å². The maximum Gasteiger partial charge on any atom is 0.415 e. The van der Waals surface area contributed by atoms with Gasteiger partial charge in [-0.05, 0) is 18.6 Å². The molecule has 7 heteroatoms. The highest BCUT2D eigenvalue weighted by Crippen LogP contribution is 2.40. The van der Waals surface area contributed by atoms with E-state index in [1.807, 2.05) is 18.2 Å². The van der Waals surface area contributed by atoms with Crippen LogP contribution >= 0.6 is 23.8 Å². The predicted octanol–water partition coefficient (Wildman–Crippen LogP) is 3.00. The number of thiocarbonyl (C=S) groups is 1.